The van der Waals surface area contributed by atoms with E-state index >= 15 is 0 Å². The maximum Gasteiger partial charge on any atom is 0.233 e. The highest BCUT2D eigenvalue weighted by atomic mass is 19.1. The molecule has 2 aromatic heterocycles. The predicted molar refractivity (Wildman–Crippen MR) is 113 cm³/mol. The Hall–Kier alpha value is -3.13. The number of aryl methyl sites for hydroxylation is 1. The second-order valence-corrected chi connectivity index (χ2v) is 8.29. The molecule has 2 fully saturated rings. The van der Waals surface area contributed by atoms with Gasteiger partial charge in [-0.05, 0) is 50.1 Å². The molecular weight excluding hydrogens is 397 g/mol. The van der Waals surface area contributed by atoms with Gasteiger partial charge in [-0.15, -0.1) is 10.2 Å². The fraction of sp³-hybridized carbons (Fsp3) is 0.391. The number of phenolic OH excluding ortho intramolecular Hbond substituents is 1. The molecule has 31 heavy (non-hydrogen) atoms. The van der Waals surface area contributed by atoms with Crippen molar-refractivity contribution in [2.75, 3.05) is 0 Å². The zero-order valence-electron chi connectivity index (χ0n) is 17.2. The summed E-state index contributed by atoms with van der Waals surface area (Å²) in [4.78, 5) is 0. The monoisotopic (exact) mass is 421 g/mol. The molecule has 2 N–H and O–H groups in total. The molecule has 5 rings (SSSR count). The first-order valence-corrected chi connectivity index (χ1v) is 10.6. The zero-order chi connectivity index (χ0) is 21.4. The van der Waals surface area contributed by atoms with Crippen LogP contribution < -0.4 is 10.1 Å². The van der Waals surface area contributed by atoms with Gasteiger partial charge in [-0.1, -0.05) is 12.5 Å². The van der Waals surface area contributed by atoms with Crippen molar-refractivity contribution < 1.29 is 14.2 Å². The number of ether oxygens (including phenoxy) is 1. The molecule has 4 heterocycles. The van der Waals surface area contributed by atoms with Crippen LogP contribution in [0.25, 0.3) is 22.5 Å². The third-order valence-corrected chi connectivity index (χ3v) is 6.05. The molecule has 8 heteroatoms. The average Bonchev–Trinajstić information content (AvgIpc) is 2.79. The zero-order valence-corrected chi connectivity index (χ0v) is 17.2. The van der Waals surface area contributed by atoms with Crippen molar-refractivity contribution in [3.8, 4) is 34.1 Å². The Morgan fingerprint density at radius 2 is 1.84 bits per heavy atom. The van der Waals surface area contributed by atoms with E-state index in [2.05, 4.69) is 25.7 Å². The van der Waals surface area contributed by atoms with Gasteiger partial charge in [0.2, 0.25) is 5.88 Å². The molecule has 4 atom stereocenters. The minimum Gasteiger partial charge on any atom is -0.507 e. The highest BCUT2D eigenvalue weighted by molar-refractivity contribution is 5.72. The second-order valence-electron chi connectivity index (χ2n) is 8.29. The van der Waals surface area contributed by atoms with Crippen LogP contribution in [-0.2, 0) is 0 Å². The summed E-state index contributed by atoms with van der Waals surface area (Å²) < 4.78 is 20.6. The summed E-state index contributed by atoms with van der Waals surface area (Å²) in [6.45, 7) is 1.87. The summed E-state index contributed by atoms with van der Waals surface area (Å²) in [6, 6.07) is 12.5. The normalized spacial score (nSPS) is 25.2. The van der Waals surface area contributed by atoms with Crippen LogP contribution in [0.3, 0.4) is 0 Å². The Labute approximate surface area is 179 Å². The number of fused-ring (bicyclic) bond motifs is 2. The van der Waals surface area contributed by atoms with E-state index in [9.17, 15) is 9.50 Å². The topological polar surface area (TPSA) is 93.0 Å². The first kappa shape index (κ1) is 19.8. The number of aromatic nitrogens is 4. The van der Waals surface area contributed by atoms with Crippen molar-refractivity contribution in [2.24, 2.45) is 0 Å². The molecule has 0 aliphatic carbocycles. The number of nitrogens with zero attached hydrogens (tertiary/aromatic N) is 4. The lowest BCUT2D eigenvalue weighted by Crippen LogP contribution is -2.59. The van der Waals surface area contributed by atoms with E-state index < -0.39 is 12.3 Å². The minimum absolute atomic E-state index is 0.0674. The van der Waals surface area contributed by atoms with Crippen LogP contribution in [0.4, 0.5) is 4.39 Å². The van der Waals surface area contributed by atoms with Gasteiger partial charge in [0, 0.05) is 35.7 Å². The molecule has 2 bridgehead atoms. The number of hydrogen-bond donors (Lipinski definition) is 2. The number of benzene rings is 1. The standard InChI is InChI=1S/C23H24FN5O2/c1-13-5-8-17(27-26-13)14-6-7-16(20(30)11-14)18-9-10-22(29-28-18)31-21-12-15-3-2-4-19(25-15)23(21)24/h5-11,15,19,21,23,25,30H,2-4,12H2,1H3/t15-,19+,21-,23+/m0/s1. The SMILES string of the molecule is Cc1ccc(-c2ccc(-c3ccc(O[C@H]4C[C@@H]5CCC[C@@H](N5)[C@H]4F)nn3)c(O)c2)nn1. The lowest BCUT2D eigenvalue weighted by Gasteiger charge is -2.42. The van der Waals surface area contributed by atoms with Gasteiger partial charge in [-0.3, -0.25) is 0 Å². The molecule has 7 nitrogen and oxygen atoms in total. The van der Waals surface area contributed by atoms with E-state index in [4.69, 9.17) is 4.74 Å². The quantitative estimate of drug-likeness (QED) is 0.665. The molecular formula is C23H24FN5O2. The predicted octanol–water partition coefficient (Wildman–Crippen LogP) is 3.61. The van der Waals surface area contributed by atoms with Crippen molar-refractivity contribution in [2.45, 2.75) is 57.0 Å². The van der Waals surface area contributed by atoms with Gasteiger partial charge in [0.1, 0.15) is 11.9 Å². The lowest BCUT2D eigenvalue weighted by molar-refractivity contribution is 0.00652. The average molecular weight is 421 g/mol. The van der Waals surface area contributed by atoms with E-state index in [0.717, 1.165) is 30.5 Å². The summed E-state index contributed by atoms with van der Waals surface area (Å²) in [5.74, 6) is 0.361. The van der Waals surface area contributed by atoms with E-state index in [1.807, 2.05) is 25.1 Å². The number of aromatic hydroxyl groups is 1. The Bertz CT molecular complexity index is 1060. The van der Waals surface area contributed by atoms with E-state index in [1.54, 1.807) is 24.3 Å². The van der Waals surface area contributed by atoms with Gasteiger partial charge < -0.3 is 15.2 Å². The minimum atomic E-state index is -1.06. The summed E-state index contributed by atoms with van der Waals surface area (Å²) in [5.41, 5.74) is 3.31. The molecule has 0 spiro atoms. The third-order valence-electron chi connectivity index (χ3n) is 6.05. The molecule has 0 radical (unpaired) electrons. The molecule has 0 unspecified atom stereocenters. The molecule has 3 aromatic rings. The second kappa shape index (κ2) is 8.19. The molecule has 2 saturated heterocycles. The Kier molecular flexibility index (Phi) is 5.23. The molecule has 2 aliphatic rings. The van der Waals surface area contributed by atoms with E-state index in [-0.39, 0.29) is 11.8 Å². The van der Waals surface area contributed by atoms with E-state index in [0.29, 0.717) is 35.3 Å². The smallest absolute Gasteiger partial charge is 0.233 e. The van der Waals surface area contributed by atoms with Crippen LogP contribution >= 0.6 is 0 Å². The molecule has 2 aliphatic heterocycles. The van der Waals surface area contributed by atoms with Crippen LogP contribution in [-0.4, -0.2) is 49.9 Å². The number of nitrogens with one attached hydrogen (secondary N) is 1. The Balaban J connectivity index is 1.31. The van der Waals surface area contributed by atoms with Gasteiger partial charge in [0.15, 0.2) is 6.17 Å². The van der Waals surface area contributed by atoms with Crippen LogP contribution in [0, 0.1) is 6.92 Å². The van der Waals surface area contributed by atoms with Gasteiger partial charge in [-0.2, -0.15) is 10.2 Å². The number of alkyl halides is 1. The maximum absolute atomic E-state index is 14.7. The number of piperidine rings is 2. The fourth-order valence-corrected chi connectivity index (χ4v) is 4.42. The van der Waals surface area contributed by atoms with Gasteiger partial charge >= 0.3 is 0 Å². The Morgan fingerprint density at radius 3 is 2.58 bits per heavy atom. The summed E-state index contributed by atoms with van der Waals surface area (Å²) in [5, 5.41) is 30.4. The molecule has 160 valence electrons. The lowest BCUT2D eigenvalue weighted by atomic mass is 9.84. The van der Waals surface area contributed by atoms with Crippen LogP contribution in [0.15, 0.2) is 42.5 Å². The molecule has 0 saturated carbocycles. The maximum atomic E-state index is 14.7. The number of hydrogen-bond acceptors (Lipinski definition) is 7. The largest absolute Gasteiger partial charge is 0.507 e. The van der Waals surface area contributed by atoms with Crippen molar-refractivity contribution in [1.82, 2.24) is 25.7 Å². The van der Waals surface area contributed by atoms with Crippen molar-refractivity contribution in [3.63, 3.8) is 0 Å². The van der Waals surface area contributed by atoms with Gasteiger partial charge in [0.05, 0.1) is 17.1 Å². The fourth-order valence-electron chi connectivity index (χ4n) is 4.42. The first-order chi connectivity index (χ1) is 15.1. The van der Waals surface area contributed by atoms with Gasteiger partial charge in [-0.25, -0.2) is 4.39 Å². The number of rotatable bonds is 4. The van der Waals surface area contributed by atoms with Gasteiger partial charge in [0.25, 0.3) is 0 Å². The third kappa shape index (κ3) is 4.07. The summed E-state index contributed by atoms with van der Waals surface area (Å²) >= 11 is 0. The summed E-state index contributed by atoms with van der Waals surface area (Å²) in [7, 11) is 0. The molecule has 0 amide bonds. The number of phenols is 1. The van der Waals surface area contributed by atoms with Crippen LogP contribution in [0.2, 0.25) is 0 Å². The van der Waals surface area contributed by atoms with Crippen molar-refractivity contribution >= 4 is 0 Å². The first-order valence-electron chi connectivity index (χ1n) is 10.6. The molecule has 1 aromatic carbocycles. The highest BCUT2D eigenvalue weighted by Crippen LogP contribution is 2.33. The highest BCUT2D eigenvalue weighted by Gasteiger charge is 2.41. The van der Waals surface area contributed by atoms with Crippen molar-refractivity contribution in [3.05, 3.63) is 48.2 Å². The Morgan fingerprint density at radius 1 is 1.00 bits per heavy atom. The van der Waals surface area contributed by atoms with Crippen LogP contribution in [0.1, 0.15) is 31.4 Å². The van der Waals surface area contributed by atoms with Crippen LogP contribution in [0.5, 0.6) is 11.6 Å². The van der Waals surface area contributed by atoms with E-state index in [1.165, 1.54) is 0 Å². The van der Waals surface area contributed by atoms with Crippen molar-refractivity contribution in [1.29, 1.82) is 0 Å². The summed E-state index contributed by atoms with van der Waals surface area (Å²) in [6.07, 6.45) is 2.01. The number of halogens is 1.